The minimum atomic E-state index is -0.126. The van der Waals surface area contributed by atoms with Crippen molar-refractivity contribution >= 4 is 5.82 Å². The van der Waals surface area contributed by atoms with Crippen LogP contribution in [0.1, 0.15) is 12.5 Å². The van der Waals surface area contributed by atoms with E-state index >= 15 is 0 Å². The average molecular weight is 223 g/mol. The van der Waals surface area contributed by atoms with Crippen molar-refractivity contribution in [3.05, 3.63) is 17.8 Å². The second-order valence-electron chi connectivity index (χ2n) is 4.23. The highest BCUT2D eigenvalue weighted by Gasteiger charge is 2.26. The van der Waals surface area contributed by atoms with E-state index in [-0.39, 0.29) is 18.8 Å². The lowest BCUT2D eigenvalue weighted by Gasteiger charge is -2.37. The summed E-state index contributed by atoms with van der Waals surface area (Å²) >= 11 is 0. The summed E-state index contributed by atoms with van der Waals surface area (Å²) in [5, 5.41) is 17.2. The molecule has 0 spiro atoms. The molecule has 0 radical (unpaired) electrons. The molecule has 5 nitrogen and oxygen atoms in total. The van der Waals surface area contributed by atoms with Gasteiger partial charge in [0.05, 0.1) is 31.6 Å². The van der Waals surface area contributed by atoms with Crippen molar-refractivity contribution < 1.29 is 9.84 Å². The second-order valence-corrected chi connectivity index (χ2v) is 4.23. The molecule has 1 aromatic rings. The Hall–Kier alpha value is -1.20. The summed E-state index contributed by atoms with van der Waals surface area (Å²) in [5.74, 6) is 0.856. The lowest BCUT2D eigenvalue weighted by molar-refractivity contribution is -0.0106. The van der Waals surface area contributed by atoms with Crippen molar-refractivity contribution in [1.82, 2.24) is 10.2 Å². The summed E-state index contributed by atoms with van der Waals surface area (Å²) in [6.07, 6.45) is 1.61. The van der Waals surface area contributed by atoms with Crippen LogP contribution in [0.4, 0.5) is 5.82 Å². The van der Waals surface area contributed by atoms with Crippen LogP contribution in [-0.4, -0.2) is 47.2 Å². The maximum Gasteiger partial charge on any atom is 0.151 e. The third-order valence-corrected chi connectivity index (χ3v) is 2.78. The van der Waals surface area contributed by atoms with Crippen LogP contribution in [0.2, 0.25) is 0 Å². The van der Waals surface area contributed by atoms with Crippen LogP contribution in [0.25, 0.3) is 0 Å². The normalized spacial score (nSPS) is 25.8. The zero-order valence-electron chi connectivity index (χ0n) is 9.63. The fraction of sp³-hybridized carbons (Fsp3) is 0.636. The number of nitrogens with zero attached hydrogens (tertiary/aromatic N) is 3. The Bertz CT molecular complexity index is 359. The summed E-state index contributed by atoms with van der Waals surface area (Å²) < 4.78 is 5.48. The van der Waals surface area contributed by atoms with Crippen LogP contribution in [0.5, 0.6) is 0 Å². The molecule has 0 aromatic carbocycles. The zero-order chi connectivity index (χ0) is 11.5. The van der Waals surface area contributed by atoms with Gasteiger partial charge in [-0.05, 0) is 25.5 Å². The Morgan fingerprint density at radius 3 is 3.12 bits per heavy atom. The minimum absolute atomic E-state index is 0.0441. The van der Waals surface area contributed by atoms with E-state index in [2.05, 4.69) is 22.0 Å². The molecule has 16 heavy (non-hydrogen) atoms. The number of ether oxygens (including phenoxy) is 1. The summed E-state index contributed by atoms with van der Waals surface area (Å²) in [6.45, 7) is 5.39. The van der Waals surface area contributed by atoms with E-state index in [1.807, 2.05) is 13.0 Å². The van der Waals surface area contributed by atoms with E-state index < -0.39 is 0 Å². The van der Waals surface area contributed by atoms with E-state index in [0.29, 0.717) is 13.2 Å². The lowest BCUT2D eigenvalue weighted by atomic mass is 10.2. The SMILES string of the molecule is Cc1cnnc(N2CC(CO)OCC2C)c1. The molecule has 0 amide bonds. The number of morpholine rings is 1. The summed E-state index contributed by atoms with van der Waals surface area (Å²) in [5.41, 5.74) is 1.09. The van der Waals surface area contributed by atoms with Gasteiger partial charge >= 0.3 is 0 Å². The van der Waals surface area contributed by atoms with E-state index in [1.54, 1.807) is 6.20 Å². The monoisotopic (exact) mass is 223 g/mol. The smallest absolute Gasteiger partial charge is 0.151 e. The number of hydrogen-bond donors (Lipinski definition) is 1. The minimum Gasteiger partial charge on any atom is -0.394 e. The number of anilines is 1. The molecule has 1 aromatic heterocycles. The molecule has 1 fully saturated rings. The number of aliphatic hydroxyl groups is 1. The molecule has 1 N–H and O–H groups in total. The van der Waals surface area contributed by atoms with E-state index in [0.717, 1.165) is 11.4 Å². The zero-order valence-corrected chi connectivity index (χ0v) is 9.63. The maximum atomic E-state index is 9.11. The first-order chi connectivity index (χ1) is 7.70. The van der Waals surface area contributed by atoms with Gasteiger partial charge in [-0.15, -0.1) is 5.10 Å². The molecule has 1 saturated heterocycles. The van der Waals surface area contributed by atoms with Gasteiger partial charge in [0, 0.05) is 6.54 Å². The molecular weight excluding hydrogens is 206 g/mol. The molecule has 0 aliphatic carbocycles. The van der Waals surface area contributed by atoms with Gasteiger partial charge in [-0.2, -0.15) is 5.10 Å². The predicted octanol–water partition coefficient (Wildman–Crippen LogP) is 0.371. The van der Waals surface area contributed by atoms with Gasteiger partial charge < -0.3 is 14.7 Å². The van der Waals surface area contributed by atoms with Gasteiger partial charge in [0.25, 0.3) is 0 Å². The van der Waals surface area contributed by atoms with Gasteiger partial charge in [0.2, 0.25) is 0 Å². The average Bonchev–Trinajstić information content (AvgIpc) is 2.30. The van der Waals surface area contributed by atoms with Crippen LogP contribution in [-0.2, 0) is 4.74 Å². The van der Waals surface area contributed by atoms with Gasteiger partial charge in [-0.1, -0.05) is 0 Å². The highest BCUT2D eigenvalue weighted by molar-refractivity contribution is 5.41. The number of aromatic nitrogens is 2. The van der Waals surface area contributed by atoms with Crippen LogP contribution < -0.4 is 4.90 Å². The standard InChI is InChI=1S/C11H17N3O2/c1-8-3-11(13-12-4-8)14-5-10(6-15)16-7-9(14)2/h3-4,9-10,15H,5-7H2,1-2H3. The summed E-state index contributed by atoms with van der Waals surface area (Å²) in [4.78, 5) is 2.13. The lowest BCUT2D eigenvalue weighted by Crippen LogP contribution is -2.50. The fourth-order valence-electron chi connectivity index (χ4n) is 1.84. The molecule has 2 rings (SSSR count). The van der Waals surface area contributed by atoms with Crippen molar-refractivity contribution in [1.29, 1.82) is 0 Å². The largest absolute Gasteiger partial charge is 0.394 e. The molecule has 88 valence electrons. The van der Waals surface area contributed by atoms with Gasteiger partial charge in [0.15, 0.2) is 5.82 Å². The summed E-state index contributed by atoms with van der Waals surface area (Å²) in [7, 11) is 0. The quantitative estimate of drug-likeness (QED) is 0.785. The molecule has 5 heteroatoms. The Morgan fingerprint density at radius 2 is 2.44 bits per heavy atom. The Morgan fingerprint density at radius 1 is 1.62 bits per heavy atom. The molecular formula is C11H17N3O2. The molecule has 2 heterocycles. The third kappa shape index (κ3) is 2.31. The maximum absolute atomic E-state index is 9.11. The first-order valence-corrected chi connectivity index (χ1v) is 5.49. The highest BCUT2D eigenvalue weighted by atomic mass is 16.5. The van der Waals surface area contributed by atoms with Crippen molar-refractivity contribution in [2.75, 3.05) is 24.7 Å². The molecule has 1 aliphatic heterocycles. The number of hydrogen-bond acceptors (Lipinski definition) is 5. The van der Waals surface area contributed by atoms with Crippen molar-refractivity contribution in [2.45, 2.75) is 26.0 Å². The third-order valence-electron chi connectivity index (χ3n) is 2.78. The number of aliphatic hydroxyl groups excluding tert-OH is 1. The number of aryl methyl sites for hydroxylation is 1. The molecule has 2 unspecified atom stereocenters. The van der Waals surface area contributed by atoms with Gasteiger partial charge in [0.1, 0.15) is 0 Å². The van der Waals surface area contributed by atoms with E-state index in [1.165, 1.54) is 0 Å². The molecule has 0 saturated carbocycles. The van der Waals surface area contributed by atoms with E-state index in [9.17, 15) is 0 Å². The number of rotatable bonds is 2. The van der Waals surface area contributed by atoms with E-state index in [4.69, 9.17) is 9.84 Å². The van der Waals surface area contributed by atoms with Crippen LogP contribution in [0, 0.1) is 6.92 Å². The Labute approximate surface area is 95.1 Å². The molecule has 0 bridgehead atoms. The first-order valence-electron chi connectivity index (χ1n) is 5.49. The van der Waals surface area contributed by atoms with Crippen molar-refractivity contribution in [3.8, 4) is 0 Å². The Balaban J connectivity index is 2.17. The molecule has 1 aliphatic rings. The van der Waals surface area contributed by atoms with Crippen molar-refractivity contribution in [2.24, 2.45) is 0 Å². The fourth-order valence-corrected chi connectivity index (χ4v) is 1.84. The van der Waals surface area contributed by atoms with Crippen molar-refractivity contribution in [3.63, 3.8) is 0 Å². The Kier molecular flexibility index (Phi) is 3.36. The second kappa shape index (κ2) is 4.76. The van der Waals surface area contributed by atoms with Gasteiger partial charge in [-0.25, -0.2) is 0 Å². The van der Waals surface area contributed by atoms with Crippen LogP contribution in [0.3, 0.4) is 0 Å². The topological polar surface area (TPSA) is 58.5 Å². The predicted molar refractivity (Wildman–Crippen MR) is 60.4 cm³/mol. The highest BCUT2D eigenvalue weighted by Crippen LogP contribution is 2.19. The van der Waals surface area contributed by atoms with Crippen LogP contribution in [0.15, 0.2) is 12.3 Å². The molecule has 2 atom stereocenters. The summed E-state index contributed by atoms with van der Waals surface area (Å²) in [6, 6.07) is 2.27. The first kappa shape index (κ1) is 11.3. The van der Waals surface area contributed by atoms with Gasteiger partial charge in [-0.3, -0.25) is 0 Å². The van der Waals surface area contributed by atoms with Crippen LogP contribution >= 0.6 is 0 Å².